The number of pyridine rings is 2. The van der Waals surface area contributed by atoms with Crippen LogP contribution in [0.3, 0.4) is 0 Å². The van der Waals surface area contributed by atoms with Gasteiger partial charge in [-0.05, 0) is 62.8 Å². The maximum absolute atomic E-state index is 10.1. The highest BCUT2D eigenvalue weighted by atomic mass is 16.5. The van der Waals surface area contributed by atoms with Crippen LogP contribution in [0.15, 0.2) is 49.2 Å². The number of rotatable bonds is 7. The molecule has 1 aliphatic carbocycles. The van der Waals surface area contributed by atoms with Crippen molar-refractivity contribution in [1.29, 1.82) is 5.26 Å². The Bertz CT molecular complexity index is 1490. The number of aryl methyl sites for hydroxylation is 1. The maximum atomic E-state index is 10.1. The van der Waals surface area contributed by atoms with Gasteiger partial charge >= 0.3 is 0 Å². The van der Waals surface area contributed by atoms with E-state index >= 15 is 0 Å². The number of aromatic nitrogens is 5. The summed E-state index contributed by atoms with van der Waals surface area (Å²) in [5, 5.41) is 27.6. The highest BCUT2D eigenvalue weighted by molar-refractivity contribution is 5.85. The quantitative estimate of drug-likeness (QED) is 0.385. The lowest BCUT2D eigenvalue weighted by Crippen LogP contribution is -2.61. The van der Waals surface area contributed by atoms with Crippen LogP contribution in [-0.2, 0) is 0 Å². The summed E-state index contributed by atoms with van der Waals surface area (Å²) in [6, 6.07) is 8.55. The lowest BCUT2D eigenvalue weighted by Gasteiger charge is -2.54. The van der Waals surface area contributed by atoms with Gasteiger partial charge in [-0.3, -0.25) is 0 Å². The maximum Gasteiger partial charge on any atom is 0.222 e. The lowest BCUT2D eigenvalue weighted by atomic mass is 9.66. The summed E-state index contributed by atoms with van der Waals surface area (Å²) in [5.74, 6) is 3.23. The topological polar surface area (TPSA) is 124 Å². The number of ether oxygens (including phenoxy) is 1. The van der Waals surface area contributed by atoms with Gasteiger partial charge in [-0.25, -0.2) is 19.5 Å². The van der Waals surface area contributed by atoms with E-state index in [0.29, 0.717) is 40.7 Å². The van der Waals surface area contributed by atoms with E-state index in [1.165, 1.54) is 6.42 Å². The monoisotopic (exact) mass is 510 g/mol. The molecule has 1 saturated carbocycles. The fourth-order valence-electron chi connectivity index (χ4n) is 5.40. The third kappa shape index (κ3) is 4.61. The molecule has 2 saturated heterocycles. The van der Waals surface area contributed by atoms with Gasteiger partial charge in [0.15, 0.2) is 0 Å². The molecule has 3 aliphatic rings. The Morgan fingerprint density at radius 3 is 2.55 bits per heavy atom. The molecule has 194 valence electrons. The largest absolute Gasteiger partial charge is 0.489 e. The van der Waals surface area contributed by atoms with Crippen molar-refractivity contribution in [3.63, 3.8) is 0 Å². The number of hydrogen-bond acceptors (Lipinski definition) is 9. The molecular formula is C28H30N8O2. The average molecular weight is 511 g/mol. The third-order valence-corrected chi connectivity index (χ3v) is 7.29. The molecule has 4 aromatic heterocycles. The summed E-state index contributed by atoms with van der Waals surface area (Å²) >= 11 is 0. The van der Waals surface area contributed by atoms with Crippen molar-refractivity contribution in [2.24, 2.45) is 11.8 Å². The normalized spacial score (nSPS) is 20.6. The Hall–Kier alpha value is -4.23. The number of aliphatic hydroxyl groups is 1. The smallest absolute Gasteiger partial charge is 0.222 e. The van der Waals surface area contributed by atoms with E-state index in [-0.39, 0.29) is 6.61 Å². The van der Waals surface area contributed by atoms with E-state index in [4.69, 9.17) is 9.72 Å². The molecule has 2 N–H and O–H groups in total. The van der Waals surface area contributed by atoms with Gasteiger partial charge in [-0.15, -0.1) is 0 Å². The Labute approximate surface area is 220 Å². The molecule has 0 amide bonds. The zero-order valence-electron chi connectivity index (χ0n) is 21.7. The van der Waals surface area contributed by atoms with E-state index in [0.717, 1.165) is 35.6 Å². The summed E-state index contributed by atoms with van der Waals surface area (Å²) in [6.07, 6.45) is 9.99. The van der Waals surface area contributed by atoms with Gasteiger partial charge in [0.25, 0.3) is 0 Å². The minimum Gasteiger partial charge on any atom is -0.489 e. The number of anilines is 2. The van der Waals surface area contributed by atoms with Gasteiger partial charge in [0.2, 0.25) is 5.95 Å². The Morgan fingerprint density at radius 1 is 1.13 bits per heavy atom. The average Bonchev–Trinajstić information content (AvgIpc) is 3.34. The molecular weight excluding hydrogens is 480 g/mol. The zero-order valence-corrected chi connectivity index (χ0v) is 21.7. The van der Waals surface area contributed by atoms with Crippen LogP contribution in [0.5, 0.6) is 5.75 Å². The molecule has 0 spiro atoms. The number of nitrogens with one attached hydrogen (secondary N) is 1. The number of fused-ring (bicyclic) bond motifs is 3. The number of piperidine rings is 2. The molecule has 0 aromatic carbocycles. The van der Waals surface area contributed by atoms with Crippen LogP contribution in [0.1, 0.15) is 31.4 Å². The summed E-state index contributed by atoms with van der Waals surface area (Å²) < 4.78 is 7.48. The van der Waals surface area contributed by atoms with Crippen molar-refractivity contribution in [1.82, 2.24) is 24.6 Å². The minimum atomic E-state index is -0.975. The molecule has 6 heterocycles. The Morgan fingerprint density at radius 2 is 1.89 bits per heavy atom. The highest BCUT2D eigenvalue weighted by Crippen LogP contribution is 2.42. The molecule has 4 aromatic rings. The predicted octanol–water partition coefficient (Wildman–Crippen LogP) is 3.45. The molecule has 38 heavy (non-hydrogen) atoms. The van der Waals surface area contributed by atoms with Crippen LogP contribution < -0.4 is 15.0 Å². The molecule has 10 nitrogen and oxygen atoms in total. The molecule has 3 fully saturated rings. The van der Waals surface area contributed by atoms with Crippen LogP contribution in [0.4, 0.5) is 11.8 Å². The highest BCUT2D eigenvalue weighted by Gasteiger charge is 2.47. The van der Waals surface area contributed by atoms with Crippen LogP contribution in [-0.4, -0.2) is 61.0 Å². The van der Waals surface area contributed by atoms with Crippen LogP contribution >= 0.6 is 0 Å². The molecule has 0 radical (unpaired) electrons. The first-order valence-electron chi connectivity index (χ1n) is 12.8. The molecule has 7 rings (SSSR count). The van der Waals surface area contributed by atoms with Gasteiger partial charge < -0.3 is 20.1 Å². The van der Waals surface area contributed by atoms with E-state index in [1.807, 2.05) is 43.7 Å². The summed E-state index contributed by atoms with van der Waals surface area (Å²) in [4.78, 5) is 16.0. The zero-order chi connectivity index (χ0) is 26.4. The third-order valence-electron chi connectivity index (χ3n) is 7.29. The van der Waals surface area contributed by atoms with Crippen molar-refractivity contribution in [3.8, 4) is 22.9 Å². The van der Waals surface area contributed by atoms with Crippen LogP contribution in [0, 0.1) is 30.1 Å². The first-order valence-corrected chi connectivity index (χ1v) is 12.8. The fourth-order valence-corrected chi connectivity index (χ4v) is 5.40. The standard InChI is InChI=1S/C28H30N8O2/c1-17-9-31-27(32-10-17)34-25-19-6-20(25)14-35(13-19)24-5-4-18(11-30-24)23-7-22(38-16-28(2,3)37)15-36-26(23)21(8-29)12-33-36/h4-5,7,9-12,15,19-20,25,37H,6,13-14,16H2,1-3H3,(H,31,32,34)/t19-,20+,25+. The summed E-state index contributed by atoms with van der Waals surface area (Å²) in [6.45, 7) is 7.35. The SMILES string of the molecule is Cc1cnc(N[C@H]2[C@@H]3C[C@H]2CN(c2ccc(-c4cc(OCC(C)(C)O)cn5ncc(C#N)c45)cn2)C3)nc1. The van der Waals surface area contributed by atoms with E-state index in [9.17, 15) is 10.4 Å². The molecule has 3 atom stereocenters. The second-order valence-electron chi connectivity index (χ2n) is 11.0. The van der Waals surface area contributed by atoms with Gasteiger partial charge in [-0.1, -0.05) is 0 Å². The molecule has 2 aliphatic heterocycles. The first kappa shape index (κ1) is 24.1. The van der Waals surface area contributed by atoms with Crippen LogP contribution in [0.25, 0.3) is 16.6 Å². The number of hydrogen-bond donors (Lipinski definition) is 2. The van der Waals surface area contributed by atoms with Gasteiger partial charge in [0.05, 0.1) is 29.1 Å². The van der Waals surface area contributed by atoms with E-state index < -0.39 is 5.60 Å². The van der Waals surface area contributed by atoms with Gasteiger partial charge in [0, 0.05) is 48.8 Å². The number of nitrogens with zero attached hydrogens (tertiary/aromatic N) is 7. The number of nitriles is 1. The van der Waals surface area contributed by atoms with Crippen LogP contribution in [0.2, 0.25) is 0 Å². The molecule has 2 bridgehead atoms. The van der Waals surface area contributed by atoms with E-state index in [1.54, 1.807) is 30.8 Å². The second kappa shape index (κ2) is 9.26. The lowest BCUT2D eigenvalue weighted by molar-refractivity contribution is 0.0283. The Balaban J connectivity index is 1.21. The predicted molar refractivity (Wildman–Crippen MR) is 143 cm³/mol. The van der Waals surface area contributed by atoms with Crippen molar-refractivity contribution >= 4 is 17.3 Å². The summed E-state index contributed by atoms with van der Waals surface area (Å²) in [7, 11) is 0. The van der Waals surface area contributed by atoms with Gasteiger partial charge in [-0.2, -0.15) is 10.4 Å². The first-order chi connectivity index (χ1) is 18.3. The molecule has 0 unspecified atom stereocenters. The van der Waals surface area contributed by atoms with Crippen molar-refractivity contribution in [2.75, 3.05) is 29.9 Å². The van der Waals surface area contributed by atoms with Crippen molar-refractivity contribution < 1.29 is 9.84 Å². The summed E-state index contributed by atoms with van der Waals surface area (Å²) in [5.41, 5.74) is 2.92. The molecule has 10 heteroatoms. The second-order valence-corrected chi connectivity index (χ2v) is 11.0. The van der Waals surface area contributed by atoms with Crippen molar-refractivity contribution in [3.05, 3.63) is 60.3 Å². The van der Waals surface area contributed by atoms with E-state index in [2.05, 4.69) is 31.4 Å². The van der Waals surface area contributed by atoms with Crippen molar-refractivity contribution in [2.45, 2.75) is 38.8 Å². The van der Waals surface area contributed by atoms with Gasteiger partial charge in [0.1, 0.15) is 24.2 Å². The fraction of sp³-hybridized carbons (Fsp3) is 0.393. The minimum absolute atomic E-state index is 0.130. The Kier molecular flexibility index (Phi) is 5.88.